The summed E-state index contributed by atoms with van der Waals surface area (Å²) < 4.78 is 6.01. The molecule has 3 heteroatoms. The molecule has 0 aliphatic carbocycles. The summed E-state index contributed by atoms with van der Waals surface area (Å²) in [6, 6.07) is 4.03. The van der Waals surface area contributed by atoms with Crippen LogP contribution in [0.3, 0.4) is 0 Å². The average molecular weight is 254 g/mol. The van der Waals surface area contributed by atoms with Crippen molar-refractivity contribution in [3.05, 3.63) is 28.3 Å². The molecule has 1 aliphatic rings. The van der Waals surface area contributed by atoms with Crippen LogP contribution in [0.2, 0.25) is 5.02 Å². The molecule has 1 aromatic carbocycles. The van der Waals surface area contributed by atoms with E-state index in [1.54, 1.807) is 0 Å². The van der Waals surface area contributed by atoms with E-state index in [-0.39, 0.29) is 11.6 Å². The van der Waals surface area contributed by atoms with Gasteiger partial charge in [-0.1, -0.05) is 11.6 Å². The van der Waals surface area contributed by atoms with E-state index < -0.39 is 0 Å². The highest BCUT2D eigenvalue weighted by Gasteiger charge is 2.31. The van der Waals surface area contributed by atoms with E-state index in [0.717, 1.165) is 34.9 Å². The van der Waals surface area contributed by atoms with Crippen LogP contribution in [0.4, 0.5) is 0 Å². The van der Waals surface area contributed by atoms with Gasteiger partial charge in [-0.15, -0.1) is 0 Å². The first-order valence-corrected chi connectivity index (χ1v) is 6.44. The topological polar surface area (TPSA) is 21.3 Å². The fourth-order valence-electron chi connectivity index (χ4n) is 2.35. The van der Waals surface area contributed by atoms with Crippen LogP contribution in [0, 0.1) is 13.8 Å². The van der Waals surface area contributed by atoms with E-state index in [9.17, 15) is 0 Å². The number of aryl methyl sites for hydroxylation is 2. The molecule has 2 nitrogen and oxygen atoms in total. The minimum atomic E-state index is 0.182. The molecule has 1 aliphatic heterocycles. The zero-order valence-corrected chi connectivity index (χ0v) is 11.7. The summed E-state index contributed by atoms with van der Waals surface area (Å²) in [4.78, 5) is 0. The Balaban J connectivity index is 2.10. The van der Waals surface area contributed by atoms with Crippen LogP contribution in [0.1, 0.15) is 31.4 Å². The molecule has 1 saturated heterocycles. The van der Waals surface area contributed by atoms with Crippen LogP contribution in [0.25, 0.3) is 0 Å². The highest BCUT2D eigenvalue weighted by Crippen LogP contribution is 2.28. The number of halogens is 1. The summed E-state index contributed by atoms with van der Waals surface area (Å²) in [5.74, 6) is 0.925. The molecule has 0 saturated carbocycles. The quantitative estimate of drug-likeness (QED) is 0.871. The van der Waals surface area contributed by atoms with Crippen molar-refractivity contribution in [2.45, 2.75) is 45.8 Å². The van der Waals surface area contributed by atoms with Gasteiger partial charge >= 0.3 is 0 Å². The minimum absolute atomic E-state index is 0.182. The Morgan fingerprint density at radius 3 is 2.35 bits per heavy atom. The second kappa shape index (κ2) is 4.51. The van der Waals surface area contributed by atoms with E-state index in [1.807, 2.05) is 26.0 Å². The van der Waals surface area contributed by atoms with Gasteiger partial charge in [0.05, 0.1) is 0 Å². The Bertz CT molecular complexity index is 405. The van der Waals surface area contributed by atoms with E-state index in [0.29, 0.717) is 0 Å². The Morgan fingerprint density at radius 2 is 1.88 bits per heavy atom. The maximum absolute atomic E-state index is 6.14. The number of ether oxygens (including phenoxy) is 1. The summed E-state index contributed by atoms with van der Waals surface area (Å²) in [6.45, 7) is 9.34. The Hall–Kier alpha value is -0.730. The summed E-state index contributed by atoms with van der Waals surface area (Å²) >= 11 is 6.14. The lowest BCUT2D eigenvalue weighted by Crippen LogP contribution is -2.31. The molecule has 0 amide bonds. The van der Waals surface area contributed by atoms with Gasteiger partial charge in [0, 0.05) is 23.5 Å². The van der Waals surface area contributed by atoms with Gasteiger partial charge in [0.1, 0.15) is 11.9 Å². The number of nitrogens with one attached hydrogen (secondary N) is 1. The van der Waals surface area contributed by atoms with Crippen LogP contribution >= 0.6 is 11.6 Å². The number of benzene rings is 1. The predicted octanol–water partition coefficient (Wildman–Crippen LogP) is 3.48. The van der Waals surface area contributed by atoms with Crippen LogP contribution in [-0.2, 0) is 0 Å². The molecule has 1 heterocycles. The van der Waals surface area contributed by atoms with E-state index >= 15 is 0 Å². The van der Waals surface area contributed by atoms with E-state index in [4.69, 9.17) is 16.3 Å². The summed E-state index contributed by atoms with van der Waals surface area (Å²) in [6.07, 6.45) is 1.29. The highest BCUT2D eigenvalue weighted by atomic mass is 35.5. The summed E-state index contributed by atoms with van der Waals surface area (Å²) in [5.41, 5.74) is 2.33. The van der Waals surface area contributed by atoms with Crippen molar-refractivity contribution in [1.29, 1.82) is 0 Å². The third-order valence-corrected chi connectivity index (χ3v) is 3.86. The lowest BCUT2D eigenvalue weighted by molar-refractivity contribution is 0.214. The minimum Gasteiger partial charge on any atom is -0.489 e. The van der Waals surface area contributed by atoms with Crippen LogP contribution < -0.4 is 10.1 Å². The van der Waals surface area contributed by atoms with Crippen molar-refractivity contribution >= 4 is 11.6 Å². The average Bonchev–Trinajstić information content (AvgIpc) is 2.54. The smallest absolute Gasteiger partial charge is 0.120 e. The molecule has 0 aromatic heterocycles. The second-order valence-electron chi connectivity index (χ2n) is 5.58. The monoisotopic (exact) mass is 253 g/mol. The Morgan fingerprint density at radius 1 is 1.29 bits per heavy atom. The normalized spacial score (nSPS) is 22.8. The molecule has 0 radical (unpaired) electrons. The fraction of sp³-hybridized carbons (Fsp3) is 0.571. The molecule has 17 heavy (non-hydrogen) atoms. The van der Waals surface area contributed by atoms with Gasteiger partial charge in [-0.2, -0.15) is 0 Å². The van der Waals surface area contributed by atoms with Crippen LogP contribution in [-0.4, -0.2) is 18.2 Å². The maximum Gasteiger partial charge on any atom is 0.120 e. The lowest BCUT2D eigenvalue weighted by Gasteiger charge is -2.18. The van der Waals surface area contributed by atoms with Crippen molar-refractivity contribution in [2.75, 3.05) is 6.54 Å². The van der Waals surface area contributed by atoms with Gasteiger partial charge in [-0.05, 0) is 51.0 Å². The van der Waals surface area contributed by atoms with Crippen molar-refractivity contribution in [3.8, 4) is 5.75 Å². The fourth-order valence-corrected chi connectivity index (χ4v) is 2.46. The van der Waals surface area contributed by atoms with Crippen LogP contribution in [0.5, 0.6) is 5.75 Å². The highest BCUT2D eigenvalue weighted by molar-refractivity contribution is 6.32. The SMILES string of the molecule is Cc1cc(OC2CNC(C)(C)C2)cc(C)c1Cl. The zero-order chi connectivity index (χ0) is 12.6. The predicted molar refractivity (Wildman–Crippen MR) is 72.0 cm³/mol. The van der Waals surface area contributed by atoms with Crippen LogP contribution in [0.15, 0.2) is 12.1 Å². The van der Waals surface area contributed by atoms with Gasteiger partial charge < -0.3 is 10.1 Å². The molecule has 1 atom stereocenters. The molecule has 1 fully saturated rings. The number of hydrogen-bond donors (Lipinski definition) is 1. The summed E-state index contributed by atoms with van der Waals surface area (Å²) in [5, 5.41) is 4.29. The third-order valence-electron chi connectivity index (χ3n) is 3.26. The number of rotatable bonds is 2. The van der Waals surface area contributed by atoms with Crippen molar-refractivity contribution in [3.63, 3.8) is 0 Å². The van der Waals surface area contributed by atoms with Crippen molar-refractivity contribution < 1.29 is 4.74 Å². The molecule has 94 valence electrons. The van der Waals surface area contributed by atoms with E-state index in [1.165, 1.54) is 0 Å². The maximum atomic E-state index is 6.14. The summed E-state index contributed by atoms with van der Waals surface area (Å²) in [7, 11) is 0. The first kappa shape index (κ1) is 12.7. The van der Waals surface area contributed by atoms with Crippen molar-refractivity contribution in [1.82, 2.24) is 5.32 Å². The molecular weight excluding hydrogens is 234 g/mol. The molecule has 0 spiro atoms. The van der Waals surface area contributed by atoms with Gasteiger partial charge in [0.15, 0.2) is 0 Å². The first-order chi connectivity index (χ1) is 7.87. The molecule has 2 rings (SSSR count). The molecule has 0 bridgehead atoms. The van der Waals surface area contributed by atoms with E-state index in [2.05, 4.69) is 19.2 Å². The van der Waals surface area contributed by atoms with Gasteiger partial charge in [-0.25, -0.2) is 0 Å². The molecular formula is C14H20ClNO. The Labute approximate surface area is 108 Å². The first-order valence-electron chi connectivity index (χ1n) is 6.06. The van der Waals surface area contributed by atoms with Crippen molar-refractivity contribution in [2.24, 2.45) is 0 Å². The zero-order valence-electron chi connectivity index (χ0n) is 10.9. The van der Waals surface area contributed by atoms with Gasteiger partial charge in [-0.3, -0.25) is 0 Å². The lowest BCUT2D eigenvalue weighted by atomic mass is 10.0. The van der Waals surface area contributed by atoms with Gasteiger partial charge in [0.25, 0.3) is 0 Å². The number of hydrogen-bond acceptors (Lipinski definition) is 2. The molecule has 1 aromatic rings. The second-order valence-corrected chi connectivity index (χ2v) is 5.96. The third kappa shape index (κ3) is 2.93. The largest absolute Gasteiger partial charge is 0.489 e. The molecule has 1 unspecified atom stereocenters. The van der Waals surface area contributed by atoms with Gasteiger partial charge in [0.2, 0.25) is 0 Å². The Kier molecular flexibility index (Phi) is 3.37. The molecule has 1 N–H and O–H groups in total. The standard InChI is InChI=1S/C14H20ClNO/c1-9-5-11(6-10(2)13(9)15)17-12-7-14(3,4)16-8-12/h5-6,12,16H,7-8H2,1-4H3.